The molecule has 0 spiro atoms. The Labute approximate surface area is 106 Å². The summed E-state index contributed by atoms with van der Waals surface area (Å²) in [6.07, 6.45) is 0. The molecule has 18 heavy (non-hydrogen) atoms. The summed E-state index contributed by atoms with van der Waals surface area (Å²) in [5, 5.41) is 9.17. The smallest absolute Gasteiger partial charge is 0.336 e. The van der Waals surface area contributed by atoms with Crippen molar-refractivity contribution in [3.05, 3.63) is 48.0 Å². The summed E-state index contributed by atoms with van der Waals surface area (Å²) in [6, 6.07) is 12.6. The lowest BCUT2D eigenvalue weighted by Gasteiger charge is -2.08. The Bertz CT molecular complexity index is 696. The summed E-state index contributed by atoms with van der Waals surface area (Å²) >= 11 is 1.35. The quantitative estimate of drug-likeness (QED) is 0.724. The van der Waals surface area contributed by atoms with E-state index in [1.54, 1.807) is 6.07 Å². The standard InChI is InChI=1S/C13H8O4S/c14-13(15)9-6-7-10-11(17-16-10)12(9)18-8-4-2-1-3-5-8/h1-7H,(H,14,15). The normalized spacial score (nSPS) is 10.9. The number of rotatable bonds is 3. The molecule has 0 saturated heterocycles. The van der Waals surface area contributed by atoms with Gasteiger partial charge < -0.3 is 5.11 Å². The lowest BCUT2D eigenvalue weighted by atomic mass is 10.2. The van der Waals surface area contributed by atoms with E-state index < -0.39 is 5.97 Å². The van der Waals surface area contributed by atoms with Crippen molar-refractivity contribution >= 4 is 28.9 Å². The molecule has 2 aromatic carbocycles. The summed E-state index contributed by atoms with van der Waals surface area (Å²) in [6.45, 7) is 0. The minimum Gasteiger partial charge on any atom is -0.478 e. The molecule has 0 radical (unpaired) electrons. The van der Waals surface area contributed by atoms with Gasteiger partial charge in [-0.3, -0.25) is 9.15 Å². The van der Waals surface area contributed by atoms with Gasteiger partial charge >= 0.3 is 5.97 Å². The number of hydrogen-bond acceptors (Lipinski definition) is 4. The van der Waals surface area contributed by atoms with E-state index >= 15 is 0 Å². The Morgan fingerprint density at radius 3 is 2.44 bits per heavy atom. The molecule has 3 rings (SSSR count). The number of benzene rings is 2. The zero-order valence-corrected chi connectivity index (χ0v) is 9.94. The molecule has 90 valence electrons. The van der Waals surface area contributed by atoms with E-state index in [9.17, 15) is 9.90 Å². The molecular formula is C13H8O4S. The molecule has 3 aromatic rings. The highest BCUT2D eigenvalue weighted by Crippen LogP contribution is 2.37. The predicted octanol–water partition coefficient (Wildman–Crippen LogP) is 3.88. The zero-order valence-electron chi connectivity index (χ0n) is 9.12. The van der Waals surface area contributed by atoms with Crippen LogP contribution in [-0.2, 0) is 0 Å². The summed E-state index contributed by atoms with van der Waals surface area (Å²) in [7, 11) is 0. The van der Waals surface area contributed by atoms with Crippen molar-refractivity contribution in [2.75, 3.05) is 0 Å². The summed E-state index contributed by atoms with van der Waals surface area (Å²) < 4.78 is 9.67. The topological polar surface area (TPSA) is 63.6 Å². The molecule has 1 N–H and O–H groups in total. The number of fused-ring (bicyclic) bond motifs is 1. The van der Waals surface area contributed by atoms with E-state index in [2.05, 4.69) is 0 Å². The predicted molar refractivity (Wildman–Crippen MR) is 66.0 cm³/mol. The highest BCUT2D eigenvalue weighted by molar-refractivity contribution is 7.99. The molecule has 5 heteroatoms. The molecule has 0 unspecified atom stereocenters. The molecule has 1 aromatic heterocycles. The van der Waals surface area contributed by atoms with Gasteiger partial charge in [0.15, 0.2) is 0 Å². The first-order valence-corrected chi connectivity index (χ1v) is 6.05. The average Bonchev–Trinajstić information content (AvgIpc) is 2.32. The van der Waals surface area contributed by atoms with Crippen LogP contribution in [-0.4, -0.2) is 11.1 Å². The minimum atomic E-state index is -0.980. The molecule has 0 atom stereocenters. The molecule has 0 amide bonds. The van der Waals surface area contributed by atoms with E-state index in [0.29, 0.717) is 16.1 Å². The second-order valence-electron chi connectivity index (χ2n) is 3.66. The van der Waals surface area contributed by atoms with Crippen LogP contribution in [0.15, 0.2) is 61.4 Å². The Balaban J connectivity index is 2.10. The Hall–Kier alpha value is -2.14. The molecule has 0 aliphatic rings. The monoisotopic (exact) mass is 260 g/mol. The molecule has 0 aliphatic carbocycles. The highest BCUT2D eigenvalue weighted by Gasteiger charge is 2.20. The van der Waals surface area contributed by atoms with E-state index in [-0.39, 0.29) is 5.56 Å². The van der Waals surface area contributed by atoms with E-state index in [0.717, 1.165) is 4.90 Å². The van der Waals surface area contributed by atoms with E-state index in [4.69, 9.17) is 9.15 Å². The number of hydrogen-bond donors (Lipinski definition) is 1. The number of carboxylic acid groups (broad SMARTS) is 1. The fourth-order valence-electron chi connectivity index (χ4n) is 1.62. The molecule has 4 nitrogen and oxygen atoms in total. The molecule has 1 heterocycles. The van der Waals surface area contributed by atoms with Gasteiger partial charge in [-0.2, -0.15) is 0 Å². The van der Waals surface area contributed by atoms with Crippen LogP contribution < -0.4 is 0 Å². The summed E-state index contributed by atoms with van der Waals surface area (Å²) in [4.78, 5) is 12.7. The summed E-state index contributed by atoms with van der Waals surface area (Å²) in [5.41, 5.74) is 1.27. The Morgan fingerprint density at radius 1 is 1.06 bits per heavy atom. The van der Waals surface area contributed by atoms with E-state index in [1.165, 1.54) is 17.8 Å². The van der Waals surface area contributed by atoms with Crippen molar-refractivity contribution in [2.24, 2.45) is 0 Å². The molecule has 0 saturated carbocycles. The highest BCUT2D eigenvalue weighted by atomic mass is 32.2. The van der Waals surface area contributed by atoms with Gasteiger partial charge in [-0.1, -0.05) is 30.0 Å². The fraction of sp³-hybridized carbons (Fsp3) is 0. The van der Waals surface area contributed by atoms with Crippen molar-refractivity contribution in [1.82, 2.24) is 0 Å². The Morgan fingerprint density at radius 2 is 1.83 bits per heavy atom. The van der Waals surface area contributed by atoms with Crippen LogP contribution in [0, 0.1) is 0 Å². The first-order chi connectivity index (χ1) is 8.75. The van der Waals surface area contributed by atoms with Gasteiger partial charge in [-0.15, -0.1) is 0 Å². The van der Waals surface area contributed by atoms with Gasteiger partial charge in [0.2, 0.25) is 11.2 Å². The van der Waals surface area contributed by atoms with Gasteiger partial charge in [-0.05, 0) is 24.3 Å². The second kappa shape index (κ2) is 4.27. The third-order valence-corrected chi connectivity index (χ3v) is 3.60. The van der Waals surface area contributed by atoms with Gasteiger partial charge in [0.25, 0.3) is 0 Å². The summed E-state index contributed by atoms with van der Waals surface area (Å²) in [5.74, 6) is -0.980. The average molecular weight is 260 g/mol. The van der Waals surface area contributed by atoms with Crippen LogP contribution in [0.2, 0.25) is 0 Å². The molecule has 0 fully saturated rings. The van der Waals surface area contributed by atoms with Crippen molar-refractivity contribution in [2.45, 2.75) is 9.79 Å². The largest absolute Gasteiger partial charge is 0.478 e. The van der Waals surface area contributed by atoms with Crippen LogP contribution in [0.5, 0.6) is 0 Å². The van der Waals surface area contributed by atoms with Crippen LogP contribution in [0.3, 0.4) is 0 Å². The van der Waals surface area contributed by atoms with E-state index in [1.807, 2.05) is 30.3 Å². The zero-order chi connectivity index (χ0) is 12.5. The Kier molecular flexibility index (Phi) is 2.60. The number of carboxylic acids is 1. The molecular weight excluding hydrogens is 252 g/mol. The van der Waals surface area contributed by atoms with Crippen LogP contribution in [0.1, 0.15) is 10.4 Å². The van der Waals surface area contributed by atoms with Crippen molar-refractivity contribution in [3.8, 4) is 0 Å². The number of carbonyl (C=O) groups is 1. The fourth-order valence-corrected chi connectivity index (χ4v) is 2.64. The third kappa shape index (κ3) is 1.78. The maximum Gasteiger partial charge on any atom is 0.336 e. The SMILES string of the molecule is O=C(O)c1ccc2ooc2c1Sc1ccccc1. The van der Waals surface area contributed by atoms with Crippen molar-refractivity contribution in [1.29, 1.82) is 0 Å². The lowest BCUT2D eigenvalue weighted by Crippen LogP contribution is -2.00. The van der Waals surface area contributed by atoms with Gasteiger partial charge in [0.1, 0.15) is 0 Å². The van der Waals surface area contributed by atoms with Gasteiger partial charge in [0, 0.05) is 4.90 Å². The second-order valence-corrected chi connectivity index (χ2v) is 4.74. The third-order valence-electron chi connectivity index (χ3n) is 2.48. The van der Waals surface area contributed by atoms with Crippen LogP contribution in [0.4, 0.5) is 0 Å². The maximum atomic E-state index is 11.2. The molecule has 0 aliphatic heterocycles. The number of aromatic carboxylic acids is 1. The van der Waals surface area contributed by atoms with Crippen molar-refractivity contribution in [3.63, 3.8) is 0 Å². The molecule has 0 bridgehead atoms. The van der Waals surface area contributed by atoms with Gasteiger partial charge in [-0.25, -0.2) is 4.79 Å². The first-order valence-electron chi connectivity index (χ1n) is 5.23. The minimum absolute atomic E-state index is 0.214. The van der Waals surface area contributed by atoms with Crippen LogP contribution >= 0.6 is 11.8 Å². The lowest BCUT2D eigenvalue weighted by molar-refractivity contribution is 0.0554. The maximum absolute atomic E-state index is 11.2. The first kappa shape index (κ1) is 11.0. The van der Waals surface area contributed by atoms with Crippen LogP contribution in [0.25, 0.3) is 11.2 Å². The van der Waals surface area contributed by atoms with Crippen molar-refractivity contribution < 1.29 is 19.1 Å². The van der Waals surface area contributed by atoms with Gasteiger partial charge in [0.05, 0.1) is 10.5 Å².